The minimum Gasteiger partial charge on any atom is -0.451 e. The number of rotatable bonds is 6. The highest BCUT2D eigenvalue weighted by Crippen LogP contribution is 2.19. The maximum atomic E-state index is 13.0. The number of carbonyl (C=O) groups is 2. The van der Waals surface area contributed by atoms with Crippen LogP contribution in [0.3, 0.4) is 0 Å². The van der Waals surface area contributed by atoms with Crippen molar-refractivity contribution in [3.05, 3.63) is 76.7 Å². The second-order valence-corrected chi connectivity index (χ2v) is 6.88. The number of aromatic nitrogens is 2. The first-order chi connectivity index (χ1) is 13.8. The number of hydrogen-bond donors (Lipinski definition) is 2. The molecule has 0 aliphatic carbocycles. The molecule has 1 amide bonds. The lowest BCUT2D eigenvalue weighted by molar-refractivity contribution is -0.124. The number of aromatic amines is 1. The van der Waals surface area contributed by atoms with Crippen LogP contribution in [0.5, 0.6) is 0 Å². The molecule has 6 nitrogen and oxygen atoms in total. The lowest BCUT2D eigenvalue weighted by Gasteiger charge is -2.15. The topological polar surface area (TPSA) is 84.1 Å². The SMILES string of the molecule is Cc1ccc([C@H](C)NC(=O)COC(=O)c2cc(-c3ccc(F)cc3)n[nH]2)cc1C. The van der Waals surface area contributed by atoms with Gasteiger partial charge in [-0.2, -0.15) is 5.10 Å². The van der Waals surface area contributed by atoms with Crippen LogP contribution >= 0.6 is 0 Å². The third-order valence-corrected chi connectivity index (χ3v) is 4.68. The van der Waals surface area contributed by atoms with Crippen molar-refractivity contribution in [2.75, 3.05) is 6.61 Å². The van der Waals surface area contributed by atoms with E-state index in [2.05, 4.69) is 15.5 Å². The molecule has 7 heteroatoms. The molecule has 0 unspecified atom stereocenters. The largest absolute Gasteiger partial charge is 0.451 e. The van der Waals surface area contributed by atoms with Gasteiger partial charge in [-0.25, -0.2) is 9.18 Å². The predicted octanol–water partition coefficient (Wildman–Crippen LogP) is 3.87. The van der Waals surface area contributed by atoms with Gasteiger partial charge in [0.2, 0.25) is 0 Å². The first-order valence-corrected chi connectivity index (χ1v) is 9.18. The molecule has 3 aromatic rings. The number of ether oxygens (including phenoxy) is 1. The maximum absolute atomic E-state index is 13.0. The van der Waals surface area contributed by atoms with E-state index in [9.17, 15) is 14.0 Å². The second-order valence-electron chi connectivity index (χ2n) is 6.88. The molecule has 2 N–H and O–H groups in total. The van der Waals surface area contributed by atoms with E-state index in [0.717, 1.165) is 11.1 Å². The first-order valence-electron chi connectivity index (χ1n) is 9.18. The number of hydrogen-bond acceptors (Lipinski definition) is 4. The third kappa shape index (κ3) is 5.07. The summed E-state index contributed by atoms with van der Waals surface area (Å²) in [7, 11) is 0. The van der Waals surface area contributed by atoms with E-state index >= 15 is 0 Å². The molecule has 2 aromatic carbocycles. The van der Waals surface area contributed by atoms with Gasteiger partial charge >= 0.3 is 5.97 Å². The minimum absolute atomic E-state index is 0.110. The highest BCUT2D eigenvalue weighted by atomic mass is 19.1. The number of aryl methyl sites for hydroxylation is 2. The fourth-order valence-electron chi connectivity index (χ4n) is 2.80. The van der Waals surface area contributed by atoms with Gasteiger partial charge in [-0.1, -0.05) is 18.2 Å². The quantitative estimate of drug-likeness (QED) is 0.621. The predicted molar refractivity (Wildman–Crippen MR) is 107 cm³/mol. The van der Waals surface area contributed by atoms with Crippen molar-refractivity contribution in [2.45, 2.75) is 26.8 Å². The summed E-state index contributed by atoms with van der Waals surface area (Å²) in [6, 6.07) is 13.0. The summed E-state index contributed by atoms with van der Waals surface area (Å²) in [6.07, 6.45) is 0. The summed E-state index contributed by atoms with van der Waals surface area (Å²) < 4.78 is 18.1. The van der Waals surface area contributed by atoms with Gasteiger partial charge in [0.1, 0.15) is 11.5 Å². The molecule has 0 aliphatic rings. The number of halogens is 1. The van der Waals surface area contributed by atoms with Crippen LogP contribution in [-0.2, 0) is 9.53 Å². The maximum Gasteiger partial charge on any atom is 0.356 e. The van der Waals surface area contributed by atoms with E-state index in [0.29, 0.717) is 11.3 Å². The standard InChI is InChI=1S/C22H22FN3O3/c1-13-4-5-17(10-14(13)2)15(3)24-21(27)12-29-22(28)20-11-19(25-26-20)16-6-8-18(23)9-7-16/h4-11,15H,12H2,1-3H3,(H,24,27)(H,25,26)/t15-/m0/s1. The Morgan fingerprint density at radius 3 is 2.52 bits per heavy atom. The normalized spacial score (nSPS) is 11.7. The Morgan fingerprint density at radius 2 is 1.83 bits per heavy atom. The molecule has 29 heavy (non-hydrogen) atoms. The van der Waals surface area contributed by atoms with Gasteiger partial charge < -0.3 is 10.1 Å². The highest BCUT2D eigenvalue weighted by Gasteiger charge is 2.16. The number of carbonyl (C=O) groups excluding carboxylic acids is 2. The van der Waals surface area contributed by atoms with Gasteiger partial charge in [0.15, 0.2) is 6.61 Å². The number of H-pyrrole nitrogens is 1. The van der Waals surface area contributed by atoms with Gasteiger partial charge in [0.05, 0.1) is 11.7 Å². The molecule has 0 bridgehead atoms. The molecule has 1 aromatic heterocycles. The second kappa shape index (κ2) is 8.68. The van der Waals surface area contributed by atoms with E-state index < -0.39 is 18.5 Å². The van der Waals surface area contributed by atoms with Crippen LogP contribution in [0.2, 0.25) is 0 Å². The fraction of sp³-hybridized carbons (Fsp3) is 0.227. The Bertz CT molecular complexity index is 1030. The molecule has 0 aliphatic heterocycles. The van der Waals surface area contributed by atoms with E-state index in [4.69, 9.17) is 4.74 Å². The summed E-state index contributed by atoms with van der Waals surface area (Å²) in [5.41, 5.74) is 4.54. The molecule has 1 heterocycles. The third-order valence-electron chi connectivity index (χ3n) is 4.68. The van der Waals surface area contributed by atoms with Crippen LogP contribution in [0.4, 0.5) is 4.39 Å². The Kier molecular flexibility index (Phi) is 6.07. The van der Waals surface area contributed by atoms with Crippen molar-refractivity contribution in [3.63, 3.8) is 0 Å². The zero-order chi connectivity index (χ0) is 21.0. The summed E-state index contributed by atoms with van der Waals surface area (Å²) in [5, 5.41) is 9.40. The molecule has 150 valence electrons. The number of esters is 1. The van der Waals surface area contributed by atoms with Gasteiger partial charge in [0.25, 0.3) is 5.91 Å². The molecular weight excluding hydrogens is 373 g/mol. The van der Waals surface area contributed by atoms with E-state index in [1.165, 1.54) is 23.8 Å². The Labute approximate surface area is 168 Å². The molecule has 0 saturated carbocycles. The Balaban J connectivity index is 1.54. The number of nitrogens with one attached hydrogen (secondary N) is 2. The minimum atomic E-state index is -0.695. The van der Waals surface area contributed by atoms with Crippen molar-refractivity contribution in [1.82, 2.24) is 15.5 Å². The Morgan fingerprint density at radius 1 is 1.10 bits per heavy atom. The molecule has 0 radical (unpaired) electrons. The van der Waals surface area contributed by atoms with E-state index in [1.807, 2.05) is 39.0 Å². The van der Waals surface area contributed by atoms with Crippen molar-refractivity contribution < 1.29 is 18.7 Å². The lowest BCUT2D eigenvalue weighted by atomic mass is 10.0. The van der Waals surface area contributed by atoms with Gasteiger partial charge in [-0.3, -0.25) is 9.89 Å². The van der Waals surface area contributed by atoms with Crippen molar-refractivity contribution in [1.29, 1.82) is 0 Å². The molecule has 1 atom stereocenters. The molecule has 0 spiro atoms. The van der Waals surface area contributed by atoms with Crippen molar-refractivity contribution in [2.24, 2.45) is 0 Å². The van der Waals surface area contributed by atoms with Crippen LogP contribution in [0.15, 0.2) is 48.5 Å². The Hall–Kier alpha value is -3.48. The molecule has 0 saturated heterocycles. The van der Waals surface area contributed by atoms with Crippen LogP contribution in [0, 0.1) is 19.7 Å². The van der Waals surface area contributed by atoms with Crippen molar-refractivity contribution in [3.8, 4) is 11.3 Å². The molecule has 3 rings (SSSR count). The van der Waals surface area contributed by atoms with Gasteiger partial charge in [-0.05, 0) is 67.8 Å². The lowest BCUT2D eigenvalue weighted by Crippen LogP contribution is -2.31. The van der Waals surface area contributed by atoms with E-state index in [-0.39, 0.29) is 17.6 Å². The van der Waals surface area contributed by atoms with Crippen LogP contribution in [0.25, 0.3) is 11.3 Å². The zero-order valence-electron chi connectivity index (χ0n) is 16.5. The number of benzene rings is 2. The smallest absolute Gasteiger partial charge is 0.356 e. The molecule has 0 fully saturated rings. The molecular formula is C22H22FN3O3. The monoisotopic (exact) mass is 395 g/mol. The van der Waals surface area contributed by atoms with Gasteiger partial charge in [0, 0.05) is 5.56 Å². The zero-order valence-corrected chi connectivity index (χ0v) is 16.5. The number of nitrogens with zero attached hydrogens (tertiary/aromatic N) is 1. The van der Waals surface area contributed by atoms with Crippen LogP contribution in [-0.4, -0.2) is 28.7 Å². The van der Waals surface area contributed by atoms with Crippen LogP contribution in [0.1, 0.15) is 40.1 Å². The van der Waals surface area contributed by atoms with E-state index in [1.54, 1.807) is 12.1 Å². The summed E-state index contributed by atoms with van der Waals surface area (Å²) in [5.74, 6) is -1.45. The fourth-order valence-corrected chi connectivity index (χ4v) is 2.80. The summed E-state index contributed by atoms with van der Waals surface area (Å²) in [6.45, 7) is 5.51. The number of amides is 1. The van der Waals surface area contributed by atoms with Gasteiger partial charge in [-0.15, -0.1) is 0 Å². The highest BCUT2D eigenvalue weighted by molar-refractivity contribution is 5.90. The average molecular weight is 395 g/mol. The summed E-state index contributed by atoms with van der Waals surface area (Å²) in [4.78, 5) is 24.3. The first kappa shape index (κ1) is 20.3. The van der Waals surface area contributed by atoms with Crippen LogP contribution < -0.4 is 5.32 Å². The average Bonchev–Trinajstić information content (AvgIpc) is 3.19. The summed E-state index contributed by atoms with van der Waals surface area (Å²) >= 11 is 0. The van der Waals surface area contributed by atoms with Crippen molar-refractivity contribution >= 4 is 11.9 Å².